The topological polar surface area (TPSA) is 52.6 Å². The zero-order valence-corrected chi connectivity index (χ0v) is 18.7. The predicted octanol–water partition coefficient (Wildman–Crippen LogP) is 5.76. The van der Waals surface area contributed by atoms with Crippen LogP contribution in [0.3, 0.4) is 0 Å². The summed E-state index contributed by atoms with van der Waals surface area (Å²) >= 11 is 0. The summed E-state index contributed by atoms with van der Waals surface area (Å²) in [5.74, 6) is -0.948. The molecule has 0 fully saturated rings. The van der Waals surface area contributed by atoms with Gasteiger partial charge in [-0.2, -0.15) is 0 Å². The quantitative estimate of drug-likeness (QED) is 0.503. The average molecular weight is 391 g/mol. The molecule has 4 nitrogen and oxygen atoms in total. The van der Waals surface area contributed by atoms with Crippen molar-refractivity contribution in [3.8, 4) is 0 Å². The summed E-state index contributed by atoms with van der Waals surface area (Å²) in [5, 5.41) is 0. The summed E-state index contributed by atoms with van der Waals surface area (Å²) in [4.78, 5) is 25.2. The second-order valence-corrected chi connectivity index (χ2v) is 10.0. The largest absolute Gasteiger partial charge is 0.465 e. The van der Waals surface area contributed by atoms with E-state index in [1.807, 2.05) is 59.7 Å². The highest BCUT2D eigenvalue weighted by Crippen LogP contribution is 2.30. The minimum absolute atomic E-state index is 0.0579. The molecule has 28 heavy (non-hydrogen) atoms. The maximum Gasteiger partial charge on any atom is 0.309 e. The molecule has 0 heterocycles. The zero-order valence-electron chi connectivity index (χ0n) is 18.7. The first-order valence-electron chi connectivity index (χ1n) is 10.3. The predicted molar refractivity (Wildman–Crippen MR) is 113 cm³/mol. The van der Waals surface area contributed by atoms with Gasteiger partial charge in [-0.25, -0.2) is 0 Å². The van der Waals surface area contributed by atoms with E-state index in [0.717, 1.165) is 6.42 Å². The van der Waals surface area contributed by atoms with Crippen LogP contribution in [-0.2, 0) is 19.1 Å². The summed E-state index contributed by atoms with van der Waals surface area (Å²) < 4.78 is 11.0. The number of benzene rings is 1. The van der Waals surface area contributed by atoms with Crippen molar-refractivity contribution in [3.63, 3.8) is 0 Å². The zero-order chi connectivity index (χ0) is 21.4. The molecule has 0 spiro atoms. The molecule has 0 saturated carbocycles. The Hall–Kier alpha value is -1.84. The van der Waals surface area contributed by atoms with Crippen LogP contribution < -0.4 is 0 Å². The van der Waals surface area contributed by atoms with E-state index in [1.54, 1.807) is 0 Å². The molecule has 2 atom stereocenters. The SMILES string of the molecule is CCC(CC(CC(=O)OCC(C)(C)C)C(=O)OCC(C)(C)C)c1ccccc1. The van der Waals surface area contributed by atoms with Gasteiger partial charge in [0.25, 0.3) is 0 Å². The Morgan fingerprint density at radius 1 is 0.893 bits per heavy atom. The molecule has 4 heteroatoms. The third-order valence-corrected chi connectivity index (χ3v) is 4.39. The van der Waals surface area contributed by atoms with Crippen LogP contribution in [-0.4, -0.2) is 25.2 Å². The van der Waals surface area contributed by atoms with Crippen LogP contribution in [0.5, 0.6) is 0 Å². The van der Waals surface area contributed by atoms with Crippen LogP contribution in [0, 0.1) is 16.7 Å². The van der Waals surface area contributed by atoms with Crippen molar-refractivity contribution in [1.29, 1.82) is 0 Å². The van der Waals surface area contributed by atoms with E-state index in [1.165, 1.54) is 5.56 Å². The molecule has 0 N–H and O–H groups in total. The van der Waals surface area contributed by atoms with Gasteiger partial charge in [-0.15, -0.1) is 0 Å². The molecule has 158 valence electrons. The third kappa shape index (κ3) is 9.91. The van der Waals surface area contributed by atoms with E-state index in [0.29, 0.717) is 19.6 Å². The molecule has 0 saturated heterocycles. The van der Waals surface area contributed by atoms with Crippen LogP contribution >= 0.6 is 0 Å². The number of hydrogen-bond donors (Lipinski definition) is 0. The van der Waals surface area contributed by atoms with Crippen LogP contribution in [0.4, 0.5) is 0 Å². The van der Waals surface area contributed by atoms with Gasteiger partial charge < -0.3 is 9.47 Å². The van der Waals surface area contributed by atoms with Crippen molar-refractivity contribution in [2.45, 2.75) is 73.6 Å². The fourth-order valence-electron chi connectivity index (χ4n) is 2.83. The Labute approximate surface area is 171 Å². The van der Waals surface area contributed by atoms with Gasteiger partial charge in [-0.3, -0.25) is 9.59 Å². The molecule has 0 aromatic heterocycles. The minimum Gasteiger partial charge on any atom is -0.465 e. The fourth-order valence-corrected chi connectivity index (χ4v) is 2.83. The number of carbonyl (C=O) groups excluding carboxylic acids is 2. The van der Waals surface area contributed by atoms with Gasteiger partial charge in [0, 0.05) is 0 Å². The van der Waals surface area contributed by atoms with Crippen molar-refractivity contribution < 1.29 is 19.1 Å². The van der Waals surface area contributed by atoms with Crippen LogP contribution in [0.2, 0.25) is 0 Å². The number of hydrogen-bond acceptors (Lipinski definition) is 4. The van der Waals surface area contributed by atoms with Crippen molar-refractivity contribution in [3.05, 3.63) is 35.9 Å². The van der Waals surface area contributed by atoms with E-state index >= 15 is 0 Å². The molecule has 1 aromatic rings. The van der Waals surface area contributed by atoms with E-state index in [4.69, 9.17) is 9.47 Å². The average Bonchev–Trinajstić information content (AvgIpc) is 2.61. The highest BCUT2D eigenvalue weighted by atomic mass is 16.5. The second-order valence-electron chi connectivity index (χ2n) is 10.0. The molecular formula is C24H38O4. The Morgan fingerprint density at radius 3 is 1.93 bits per heavy atom. The molecule has 0 aliphatic rings. The number of carbonyl (C=O) groups is 2. The first kappa shape index (κ1) is 24.2. The molecular weight excluding hydrogens is 352 g/mol. The normalized spacial score (nSPS) is 14.2. The molecule has 0 bridgehead atoms. The van der Waals surface area contributed by atoms with Gasteiger partial charge in [-0.05, 0) is 35.2 Å². The van der Waals surface area contributed by atoms with Gasteiger partial charge in [0.05, 0.1) is 25.6 Å². The van der Waals surface area contributed by atoms with Crippen LogP contribution in [0.25, 0.3) is 0 Å². The summed E-state index contributed by atoms with van der Waals surface area (Å²) in [5.41, 5.74) is 0.964. The first-order chi connectivity index (χ1) is 12.9. The summed E-state index contributed by atoms with van der Waals surface area (Å²) in [6.45, 7) is 14.9. The number of esters is 2. The van der Waals surface area contributed by atoms with Gasteiger partial charge in [-0.1, -0.05) is 78.8 Å². The van der Waals surface area contributed by atoms with Crippen LogP contribution in [0.1, 0.15) is 79.2 Å². The van der Waals surface area contributed by atoms with E-state index in [9.17, 15) is 9.59 Å². The lowest BCUT2D eigenvalue weighted by molar-refractivity contribution is -0.158. The van der Waals surface area contributed by atoms with E-state index in [2.05, 4.69) is 19.1 Å². The van der Waals surface area contributed by atoms with Gasteiger partial charge in [0.2, 0.25) is 0 Å². The van der Waals surface area contributed by atoms with E-state index < -0.39 is 5.92 Å². The summed E-state index contributed by atoms with van der Waals surface area (Å²) in [6, 6.07) is 10.1. The first-order valence-corrected chi connectivity index (χ1v) is 10.3. The lowest BCUT2D eigenvalue weighted by Gasteiger charge is -2.25. The van der Waals surface area contributed by atoms with Crippen molar-refractivity contribution in [1.82, 2.24) is 0 Å². The molecule has 0 radical (unpaired) electrons. The summed E-state index contributed by atoms with van der Waals surface area (Å²) in [7, 11) is 0. The monoisotopic (exact) mass is 390 g/mol. The summed E-state index contributed by atoms with van der Waals surface area (Å²) in [6.07, 6.45) is 1.53. The Morgan fingerprint density at radius 2 is 1.43 bits per heavy atom. The number of ether oxygens (including phenoxy) is 2. The Bertz CT molecular complexity index is 608. The Balaban J connectivity index is 2.86. The highest BCUT2D eigenvalue weighted by Gasteiger charge is 2.29. The maximum atomic E-state index is 12.8. The number of rotatable bonds is 9. The van der Waals surface area contributed by atoms with Crippen LogP contribution in [0.15, 0.2) is 30.3 Å². The standard InChI is InChI=1S/C24H38O4/c1-8-18(19-12-10-9-11-13-19)14-20(22(26)28-17-24(5,6)7)15-21(25)27-16-23(2,3)4/h9-13,18,20H,8,14-17H2,1-7H3. The lowest BCUT2D eigenvalue weighted by atomic mass is 9.85. The molecule has 1 aromatic carbocycles. The molecule has 2 unspecified atom stereocenters. The van der Waals surface area contributed by atoms with Gasteiger partial charge in [0.15, 0.2) is 0 Å². The lowest BCUT2D eigenvalue weighted by Crippen LogP contribution is -2.28. The van der Waals surface area contributed by atoms with Crippen molar-refractivity contribution >= 4 is 11.9 Å². The minimum atomic E-state index is -0.500. The smallest absolute Gasteiger partial charge is 0.309 e. The van der Waals surface area contributed by atoms with E-state index in [-0.39, 0.29) is 35.1 Å². The maximum absolute atomic E-state index is 12.8. The Kier molecular flexibility index (Phi) is 9.19. The highest BCUT2D eigenvalue weighted by molar-refractivity contribution is 5.80. The molecule has 0 aliphatic heterocycles. The third-order valence-electron chi connectivity index (χ3n) is 4.39. The van der Waals surface area contributed by atoms with Gasteiger partial charge in [0.1, 0.15) is 0 Å². The molecule has 1 rings (SSSR count). The fraction of sp³-hybridized carbons (Fsp3) is 0.667. The van der Waals surface area contributed by atoms with Gasteiger partial charge >= 0.3 is 11.9 Å². The second kappa shape index (κ2) is 10.6. The van der Waals surface area contributed by atoms with Crippen molar-refractivity contribution in [2.75, 3.05) is 13.2 Å². The van der Waals surface area contributed by atoms with Crippen molar-refractivity contribution in [2.24, 2.45) is 16.7 Å². The molecule has 0 amide bonds. The molecule has 0 aliphatic carbocycles.